The fraction of sp³-hybridized carbons (Fsp3) is 0.333. The summed E-state index contributed by atoms with van der Waals surface area (Å²) >= 11 is 6.04. The second-order valence-corrected chi connectivity index (χ2v) is 5.17. The molecule has 0 aromatic heterocycles. The van der Waals surface area contributed by atoms with Crippen molar-refractivity contribution in [3.63, 3.8) is 0 Å². The van der Waals surface area contributed by atoms with Crippen molar-refractivity contribution >= 4 is 29.5 Å². The second kappa shape index (κ2) is 6.57. The van der Waals surface area contributed by atoms with E-state index in [1.165, 1.54) is 6.08 Å². The predicted octanol–water partition coefficient (Wildman–Crippen LogP) is 2.01. The minimum absolute atomic E-state index is 0.00500. The largest absolute Gasteiger partial charge is 0.354 e. The molecule has 20 heavy (non-hydrogen) atoms. The van der Waals surface area contributed by atoms with E-state index in [-0.39, 0.29) is 11.8 Å². The van der Waals surface area contributed by atoms with Gasteiger partial charge in [-0.2, -0.15) is 0 Å². The lowest BCUT2D eigenvalue weighted by Crippen LogP contribution is -2.32. The predicted molar refractivity (Wildman–Crippen MR) is 79.4 cm³/mol. The number of rotatable bonds is 2. The maximum atomic E-state index is 12.0. The van der Waals surface area contributed by atoms with Gasteiger partial charge in [0.1, 0.15) is 0 Å². The lowest BCUT2D eigenvalue weighted by Gasteiger charge is -2.17. The summed E-state index contributed by atoms with van der Waals surface area (Å²) < 4.78 is 0. The van der Waals surface area contributed by atoms with Crippen molar-refractivity contribution in [2.45, 2.75) is 13.3 Å². The van der Waals surface area contributed by atoms with Gasteiger partial charge < -0.3 is 10.2 Å². The molecule has 106 valence electrons. The van der Waals surface area contributed by atoms with E-state index >= 15 is 0 Å². The third kappa shape index (κ3) is 3.84. The number of hydrogen-bond donors (Lipinski definition) is 1. The van der Waals surface area contributed by atoms with E-state index in [9.17, 15) is 9.59 Å². The van der Waals surface area contributed by atoms with E-state index in [4.69, 9.17) is 11.6 Å². The number of halogens is 1. The fourth-order valence-corrected chi connectivity index (χ4v) is 2.16. The average Bonchev–Trinajstić information content (AvgIpc) is 2.64. The van der Waals surface area contributed by atoms with Crippen LogP contribution in [0.1, 0.15) is 17.5 Å². The van der Waals surface area contributed by atoms with Crippen molar-refractivity contribution in [2.75, 3.05) is 19.6 Å². The molecule has 0 bridgehead atoms. The van der Waals surface area contributed by atoms with E-state index in [0.29, 0.717) is 31.1 Å². The maximum Gasteiger partial charge on any atom is 0.246 e. The van der Waals surface area contributed by atoms with Crippen molar-refractivity contribution in [1.29, 1.82) is 0 Å². The number of benzene rings is 1. The van der Waals surface area contributed by atoms with Crippen LogP contribution < -0.4 is 5.32 Å². The topological polar surface area (TPSA) is 49.4 Å². The summed E-state index contributed by atoms with van der Waals surface area (Å²) in [5, 5.41) is 3.43. The minimum Gasteiger partial charge on any atom is -0.354 e. The van der Waals surface area contributed by atoms with Crippen molar-refractivity contribution in [1.82, 2.24) is 10.2 Å². The van der Waals surface area contributed by atoms with E-state index in [1.807, 2.05) is 25.1 Å². The summed E-state index contributed by atoms with van der Waals surface area (Å²) in [7, 11) is 0. The van der Waals surface area contributed by atoms with Gasteiger partial charge in [-0.1, -0.05) is 23.7 Å². The Hall–Kier alpha value is -1.81. The molecule has 2 amide bonds. The number of nitrogens with one attached hydrogen (secondary N) is 1. The van der Waals surface area contributed by atoms with Crippen LogP contribution in [-0.2, 0) is 9.59 Å². The molecule has 5 heteroatoms. The summed E-state index contributed by atoms with van der Waals surface area (Å²) in [4.78, 5) is 24.9. The molecule has 0 saturated carbocycles. The Balaban J connectivity index is 2.01. The van der Waals surface area contributed by atoms with Gasteiger partial charge >= 0.3 is 0 Å². The summed E-state index contributed by atoms with van der Waals surface area (Å²) in [6.45, 7) is 3.45. The first-order valence-corrected chi connectivity index (χ1v) is 6.94. The Morgan fingerprint density at radius 2 is 2.20 bits per heavy atom. The van der Waals surface area contributed by atoms with Crippen LogP contribution in [0.25, 0.3) is 6.08 Å². The van der Waals surface area contributed by atoms with Crippen molar-refractivity contribution < 1.29 is 9.59 Å². The molecule has 1 N–H and O–H groups in total. The van der Waals surface area contributed by atoms with Gasteiger partial charge in [0.05, 0.1) is 0 Å². The standard InChI is InChI=1S/C15H17ClN2O2/c1-11-2-3-12(10-13(11)16)4-5-15(20)18-8-6-14(19)17-7-9-18/h2-5,10H,6-9H2,1H3,(H,17,19). The summed E-state index contributed by atoms with van der Waals surface area (Å²) in [5.41, 5.74) is 1.89. The van der Waals surface area contributed by atoms with E-state index < -0.39 is 0 Å². The van der Waals surface area contributed by atoms with Crippen molar-refractivity contribution in [3.05, 3.63) is 40.4 Å². The quantitative estimate of drug-likeness (QED) is 0.848. The van der Waals surface area contributed by atoms with Gasteiger partial charge in [-0.25, -0.2) is 0 Å². The molecule has 0 aliphatic carbocycles. The number of carbonyl (C=O) groups excluding carboxylic acids is 2. The van der Waals surface area contributed by atoms with Gasteiger partial charge in [0.15, 0.2) is 0 Å². The highest BCUT2D eigenvalue weighted by Crippen LogP contribution is 2.17. The fourth-order valence-electron chi connectivity index (χ4n) is 1.97. The molecule has 2 rings (SSSR count). The third-order valence-corrected chi connectivity index (χ3v) is 3.65. The van der Waals surface area contributed by atoms with Gasteiger partial charge in [-0.05, 0) is 30.2 Å². The second-order valence-electron chi connectivity index (χ2n) is 4.77. The van der Waals surface area contributed by atoms with E-state index in [0.717, 1.165) is 11.1 Å². The van der Waals surface area contributed by atoms with Gasteiger partial charge in [-0.15, -0.1) is 0 Å². The van der Waals surface area contributed by atoms with Crippen LogP contribution in [0.2, 0.25) is 5.02 Å². The minimum atomic E-state index is -0.0850. The van der Waals surface area contributed by atoms with Crippen LogP contribution in [0.15, 0.2) is 24.3 Å². The van der Waals surface area contributed by atoms with Crippen LogP contribution in [0.3, 0.4) is 0 Å². The molecule has 1 fully saturated rings. The summed E-state index contributed by atoms with van der Waals surface area (Å²) in [6.07, 6.45) is 3.63. The zero-order chi connectivity index (χ0) is 14.5. The summed E-state index contributed by atoms with van der Waals surface area (Å²) in [5.74, 6) is -0.0900. The molecular formula is C15H17ClN2O2. The Labute approximate surface area is 123 Å². The molecule has 1 aliphatic rings. The molecule has 0 unspecified atom stereocenters. The Morgan fingerprint density at radius 1 is 1.40 bits per heavy atom. The molecular weight excluding hydrogens is 276 g/mol. The van der Waals surface area contributed by atoms with Crippen LogP contribution in [-0.4, -0.2) is 36.3 Å². The van der Waals surface area contributed by atoms with Gasteiger partial charge in [0.2, 0.25) is 11.8 Å². The Kier molecular flexibility index (Phi) is 4.79. The van der Waals surface area contributed by atoms with Gasteiger partial charge in [0.25, 0.3) is 0 Å². The van der Waals surface area contributed by atoms with Crippen molar-refractivity contribution in [3.8, 4) is 0 Å². The number of hydrogen-bond acceptors (Lipinski definition) is 2. The van der Waals surface area contributed by atoms with E-state index in [2.05, 4.69) is 5.32 Å². The van der Waals surface area contributed by atoms with Crippen LogP contribution >= 0.6 is 11.6 Å². The highest BCUT2D eigenvalue weighted by atomic mass is 35.5. The first kappa shape index (κ1) is 14.6. The molecule has 1 heterocycles. The average molecular weight is 293 g/mol. The first-order valence-electron chi connectivity index (χ1n) is 6.56. The molecule has 1 aromatic rings. The van der Waals surface area contributed by atoms with E-state index in [1.54, 1.807) is 11.0 Å². The first-order chi connectivity index (χ1) is 9.56. The molecule has 0 radical (unpaired) electrons. The number of nitrogens with zero attached hydrogens (tertiary/aromatic N) is 1. The smallest absolute Gasteiger partial charge is 0.246 e. The lowest BCUT2D eigenvalue weighted by atomic mass is 10.1. The zero-order valence-corrected chi connectivity index (χ0v) is 12.1. The molecule has 1 saturated heterocycles. The number of carbonyl (C=O) groups is 2. The maximum absolute atomic E-state index is 12.0. The highest BCUT2D eigenvalue weighted by molar-refractivity contribution is 6.31. The third-order valence-electron chi connectivity index (χ3n) is 3.24. The normalized spacial score (nSPS) is 16.1. The van der Waals surface area contributed by atoms with Gasteiger partial charge in [-0.3, -0.25) is 9.59 Å². The molecule has 4 nitrogen and oxygen atoms in total. The Morgan fingerprint density at radius 3 is 2.95 bits per heavy atom. The molecule has 0 atom stereocenters. The van der Waals surface area contributed by atoms with Crippen LogP contribution in [0.4, 0.5) is 0 Å². The van der Waals surface area contributed by atoms with Gasteiger partial charge in [0, 0.05) is 37.2 Å². The summed E-state index contributed by atoms with van der Waals surface area (Å²) in [6, 6.07) is 5.66. The monoisotopic (exact) mass is 292 g/mol. The Bertz CT molecular complexity index is 555. The number of aryl methyl sites for hydroxylation is 1. The van der Waals surface area contributed by atoms with Crippen LogP contribution in [0.5, 0.6) is 0 Å². The molecule has 1 aliphatic heterocycles. The van der Waals surface area contributed by atoms with Crippen LogP contribution in [0, 0.1) is 6.92 Å². The molecule has 0 spiro atoms. The van der Waals surface area contributed by atoms with Crippen molar-refractivity contribution in [2.24, 2.45) is 0 Å². The lowest BCUT2D eigenvalue weighted by molar-refractivity contribution is -0.125. The molecule has 1 aromatic carbocycles. The SMILES string of the molecule is Cc1ccc(C=CC(=O)N2CCNC(=O)CC2)cc1Cl. The zero-order valence-electron chi connectivity index (χ0n) is 11.4. The number of amides is 2. The highest BCUT2D eigenvalue weighted by Gasteiger charge is 2.16.